The van der Waals surface area contributed by atoms with Gasteiger partial charge in [-0.3, -0.25) is 4.79 Å². The van der Waals surface area contributed by atoms with Crippen molar-refractivity contribution in [2.45, 2.75) is 20.3 Å². The molecule has 0 saturated carbocycles. The van der Waals surface area contributed by atoms with Crippen molar-refractivity contribution < 1.29 is 9.90 Å². The minimum Gasteiger partial charge on any atom is -0.481 e. The van der Waals surface area contributed by atoms with Crippen LogP contribution in [0, 0.1) is 13.8 Å². The van der Waals surface area contributed by atoms with E-state index in [9.17, 15) is 4.79 Å². The molecule has 0 aliphatic carbocycles. The zero-order valence-electron chi connectivity index (χ0n) is 12.5. The monoisotopic (exact) mass is 314 g/mol. The van der Waals surface area contributed by atoms with E-state index in [4.69, 9.17) is 17.3 Å². The van der Waals surface area contributed by atoms with Crippen molar-refractivity contribution in [3.05, 3.63) is 59.2 Å². The number of rotatable bonds is 4. The molecule has 0 atom stereocenters. The molecule has 0 radical (unpaired) electrons. The minimum atomic E-state index is -0.840. The average molecular weight is 314 g/mol. The summed E-state index contributed by atoms with van der Waals surface area (Å²) < 4.78 is 0. The Morgan fingerprint density at radius 3 is 2.41 bits per heavy atom. The Hall–Kier alpha value is -2.40. The number of aliphatic carboxylic acids is 1. The van der Waals surface area contributed by atoms with Crippen molar-refractivity contribution in [2.24, 2.45) is 0 Å². The van der Waals surface area contributed by atoms with Gasteiger partial charge in [-0.05, 0) is 61.0 Å². The van der Waals surface area contributed by atoms with Gasteiger partial charge >= 0.3 is 5.97 Å². The number of thiocarbonyl (C=S) groups is 1. The lowest BCUT2D eigenvalue weighted by Crippen LogP contribution is -2.19. The van der Waals surface area contributed by atoms with Gasteiger partial charge in [0.2, 0.25) is 0 Å². The van der Waals surface area contributed by atoms with E-state index < -0.39 is 5.97 Å². The predicted octanol–water partition coefficient (Wildman–Crippen LogP) is 3.74. The van der Waals surface area contributed by atoms with Gasteiger partial charge in [0.25, 0.3) is 0 Å². The van der Waals surface area contributed by atoms with Crippen LogP contribution in [0.3, 0.4) is 0 Å². The largest absolute Gasteiger partial charge is 0.481 e. The molecule has 0 amide bonds. The van der Waals surface area contributed by atoms with Crippen LogP contribution in [0.25, 0.3) is 0 Å². The van der Waals surface area contributed by atoms with E-state index in [1.807, 2.05) is 31.2 Å². The third kappa shape index (κ3) is 4.30. The highest BCUT2D eigenvalue weighted by Crippen LogP contribution is 2.18. The van der Waals surface area contributed by atoms with E-state index in [-0.39, 0.29) is 6.42 Å². The van der Waals surface area contributed by atoms with Crippen LogP contribution in [0.5, 0.6) is 0 Å². The van der Waals surface area contributed by atoms with Crippen molar-refractivity contribution in [1.29, 1.82) is 0 Å². The molecule has 4 nitrogen and oxygen atoms in total. The number of hydrogen-bond donors (Lipinski definition) is 3. The van der Waals surface area contributed by atoms with Crippen molar-refractivity contribution >= 4 is 34.7 Å². The van der Waals surface area contributed by atoms with E-state index in [1.165, 1.54) is 5.56 Å². The molecule has 0 heterocycles. The minimum absolute atomic E-state index is 0.0193. The summed E-state index contributed by atoms with van der Waals surface area (Å²) in [6.45, 7) is 4.10. The number of carbonyl (C=O) groups is 1. The molecule has 0 bridgehead atoms. The number of carboxylic acids is 1. The first-order chi connectivity index (χ1) is 10.5. The maximum Gasteiger partial charge on any atom is 0.307 e. The summed E-state index contributed by atoms with van der Waals surface area (Å²) >= 11 is 5.31. The molecule has 2 aromatic rings. The van der Waals surface area contributed by atoms with Gasteiger partial charge in [0.1, 0.15) is 0 Å². The molecule has 2 rings (SSSR count). The summed E-state index contributed by atoms with van der Waals surface area (Å²) in [6.07, 6.45) is 0.0193. The van der Waals surface area contributed by atoms with E-state index >= 15 is 0 Å². The fourth-order valence-corrected chi connectivity index (χ4v) is 2.28. The van der Waals surface area contributed by atoms with E-state index in [0.29, 0.717) is 5.11 Å². The molecule has 0 aliphatic heterocycles. The Bertz CT molecular complexity index is 696. The van der Waals surface area contributed by atoms with Crippen molar-refractivity contribution in [3.63, 3.8) is 0 Å². The highest BCUT2D eigenvalue weighted by Gasteiger charge is 2.04. The molecule has 5 heteroatoms. The van der Waals surface area contributed by atoms with E-state index in [0.717, 1.165) is 22.5 Å². The summed E-state index contributed by atoms with van der Waals surface area (Å²) in [4.78, 5) is 10.6. The number of benzene rings is 2. The first-order valence-electron chi connectivity index (χ1n) is 6.90. The summed E-state index contributed by atoms with van der Waals surface area (Å²) in [6, 6.07) is 13.2. The molecule has 0 fully saturated rings. The van der Waals surface area contributed by atoms with Gasteiger partial charge < -0.3 is 15.7 Å². The molecule has 0 spiro atoms. The highest BCUT2D eigenvalue weighted by molar-refractivity contribution is 7.80. The molecular weight excluding hydrogens is 296 g/mol. The van der Waals surface area contributed by atoms with Gasteiger partial charge in [0.15, 0.2) is 5.11 Å². The highest BCUT2D eigenvalue weighted by atomic mass is 32.1. The second kappa shape index (κ2) is 7.04. The molecule has 114 valence electrons. The fraction of sp³-hybridized carbons (Fsp3) is 0.176. The lowest BCUT2D eigenvalue weighted by molar-refractivity contribution is -0.136. The Morgan fingerprint density at radius 1 is 1.09 bits per heavy atom. The van der Waals surface area contributed by atoms with Gasteiger partial charge in [0, 0.05) is 11.4 Å². The number of aryl methyl sites for hydroxylation is 1. The molecule has 0 saturated heterocycles. The third-order valence-corrected chi connectivity index (χ3v) is 3.62. The first-order valence-corrected chi connectivity index (χ1v) is 7.31. The zero-order valence-corrected chi connectivity index (χ0v) is 13.3. The second-order valence-corrected chi connectivity index (χ2v) is 5.50. The van der Waals surface area contributed by atoms with Crippen LogP contribution in [0.1, 0.15) is 16.7 Å². The fourth-order valence-electron chi connectivity index (χ4n) is 2.05. The zero-order chi connectivity index (χ0) is 16.1. The third-order valence-electron chi connectivity index (χ3n) is 3.42. The summed E-state index contributed by atoms with van der Waals surface area (Å²) in [5.74, 6) is -0.840. The van der Waals surface area contributed by atoms with E-state index in [1.54, 1.807) is 12.1 Å². The van der Waals surface area contributed by atoms with Crippen LogP contribution in [0.2, 0.25) is 0 Å². The van der Waals surface area contributed by atoms with Crippen molar-refractivity contribution in [2.75, 3.05) is 10.6 Å². The lowest BCUT2D eigenvalue weighted by atomic mass is 10.1. The van der Waals surface area contributed by atoms with Crippen LogP contribution in [-0.4, -0.2) is 16.2 Å². The Morgan fingerprint density at radius 2 is 1.77 bits per heavy atom. The second-order valence-electron chi connectivity index (χ2n) is 5.09. The maximum absolute atomic E-state index is 10.6. The van der Waals surface area contributed by atoms with Gasteiger partial charge in [-0.25, -0.2) is 0 Å². The number of anilines is 2. The maximum atomic E-state index is 10.6. The van der Waals surface area contributed by atoms with Gasteiger partial charge in [-0.2, -0.15) is 0 Å². The summed E-state index contributed by atoms with van der Waals surface area (Å²) in [5, 5.41) is 15.5. The van der Waals surface area contributed by atoms with Crippen LogP contribution in [-0.2, 0) is 11.2 Å². The van der Waals surface area contributed by atoms with Gasteiger partial charge in [-0.1, -0.05) is 24.3 Å². The molecular formula is C17H18N2O2S. The Labute approximate surface area is 135 Å². The Kier molecular flexibility index (Phi) is 5.12. The molecule has 0 aliphatic rings. The summed E-state index contributed by atoms with van der Waals surface area (Å²) in [7, 11) is 0. The average Bonchev–Trinajstić information content (AvgIpc) is 2.45. The van der Waals surface area contributed by atoms with Gasteiger partial charge in [0.05, 0.1) is 6.42 Å². The topological polar surface area (TPSA) is 61.4 Å². The quantitative estimate of drug-likeness (QED) is 0.751. The summed E-state index contributed by atoms with van der Waals surface area (Å²) in [5.41, 5.74) is 4.90. The molecule has 2 aromatic carbocycles. The number of carboxylic acid groups (broad SMARTS) is 1. The standard InChI is InChI=1S/C17H18N2O2S/c1-11-4-3-5-15(12(11)2)19-17(22)18-14-8-6-13(7-9-14)10-16(20)21/h3-9H,10H2,1-2H3,(H,20,21)(H2,18,19,22). The van der Waals surface area contributed by atoms with Gasteiger partial charge in [-0.15, -0.1) is 0 Å². The van der Waals surface area contributed by atoms with E-state index in [2.05, 4.69) is 23.6 Å². The lowest BCUT2D eigenvalue weighted by Gasteiger charge is -2.14. The molecule has 0 unspecified atom stereocenters. The SMILES string of the molecule is Cc1cccc(NC(=S)Nc2ccc(CC(=O)O)cc2)c1C. The van der Waals surface area contributed by atoms with Crippen molar-refractivity contribution in [1.82, 2.24) is 0 Å². The molecule has 3 N–H and O–H groups in total. The molecule has 22 heavy (non-hydrogen) atoms. The van der Waals surface area contributed by atoms with Crippen molar-refractivity contribution in [3.8, 4) is 0 Å². The van der Waals surface area contributed by atoms with Crippen LogP contribution in [0.15, 0.2) is 42.5 Å². The van der Waals surface area contributed by atoms with Crippen LogP contribution in [0.4, 0.5) is 11.4 Å². The first kappa shape index (κ1) is 16.0. The number of nitrogens with one attached hydrogen (secondary N) is 2. The number of hydrogen-bond acceptors (Lipinski definition) is 2. The Balaban J connectivity index is 2.00. The normalized spacial score (nSPS) is 10.1. The van der Waals surface area contributed by atoms with Crippen LogP contribution >= 0.6 is 12.2 Å². The smallest absolute Gasteiger partial charge is 0.307 e. The predicted molar refractivity (Wildman–Crippen MR) is 93.5 cm³/mol. The molecule has 0 aromatic heterocycles. The van der Waals surface area contributed by atoms with Crippen LogP contribution < -0.4 is 10.6 Å².